The molecule has 0 heterocycles. The first-order valence-corrected chi connectivity index (χ1v) is 9.22. The Bertz CT molecular complexity index is 583. The van der Waals surface area contributed by atoms with Gasteiger partial charge in [-0.2, -0.15) is 0 Å². The predicted octanol–water partition coefficient (Wildman–Crippen LogP) is 2.72. The number of esters is 1. The maximum Gasteiger partial charge on any atom is 0.338 e. The molecule has 24 heavy (non-hydrogen) atoms. The molecule has 0 radical (unpaired) electrons. The third-order valence-corrected chi connectivity index (χ3v) is 4.60. The Morgan fingerprint density at radius 1 is 1.12 bits per heavy atom. The molecule has 0 aromatic heterocycles. The van der Waals surface area contributed by atoms with Crippen molar-refractivity contribution in [3.8, 4) is 0 Å². The first-order chi connectivity index (χ1) is 11.6. The average Bonchev–Trinajstić information content (AvgIpc) is 2.60. The number of thioether (sulfide) groups is 1. The second-order valence-corrected chi connectivity index (χ2v) is 6.54. The van der Waals surface area contributed by atoms with E-state index in [0.717, 1.165) is 30.6 Å². The van der Waals surface area contributed by atoms with E-state index in [1.54, 1.807) is 36.0 Å². The van der Waals surface area contributed by atoms with Crippen LogP contribution in [0.15, 0.2) is 29.2 Å². The van der Waals surface area contributed by atoms with Gasteiger partial charge in [0.2, 0.25) is 0 Å². The van der Waals surface area contributed by atoms with Crippen molar-refractivity contribution < 1.29 is 19.1 Å². The van der Waals surface area contributed by atoms with E-state index >= 15 is 0 Å². The molecule has 6 nitrogen and oxygen atoms in total. The van der Waals surface area contributed by atoms with Crippen LogP contribution in [-0.4, -0.2) is 36.8 Å². The van der Waals surface area contributed by atoms with Crippen LogP contribution in [0.25, 0.3) is 0 Å². The predicted molar refractivity (Wildman–Crippen MR) is 92.1 cm³/mol. The zero-order valence-electron chi connectivity index (χ0n) is 13.7. The molecule has 0 spiro atoms. The fourth-order valence-corrected chi connectivity index (χ4v) is 2.98. The highest BCUT2D eigenvalue weighted by atomic mass is 32.2. The molecule has 1 fully saturated rings. The van der Waals surface area contributed by atoms with Gasteiger partial charge in [-0.25, -0.2) is 9.59 Å². The maximum absolute atomic E-state index is 11.8. The number of benzene rings is 1. The van der Waals surface area contributed by atoms with Gasteiger partial charge in [0.15, 0.2) is 6.61 Å². The van der Waals surface area contributed by atoms with E-state index in [9.17, 15) is 14.4 Å². The van der Waals surface area contributed by atoms with Crippen LogP contribution in [0.1, 0.15) is 42.5 Å². The maximum atomic E-state index is 11.8. The normalized spacial score (nSPS) is 14.7. The van der Waals surface area contributed by atoms with Crippen molar-refractivity contribution in [1.82, 2.24) is 10.6 Å². The number of carbonyl (C=O) groups excluding carboxylic acids is 3. The fourth-order valence-electron chi connectivity index (χ4n) is 2.57. The Morgan fingerprint density at radius 3 is 2.42 bits per heavy atom. The highest BCUT2D eigenvalue weighted by Gasteiger charge is 2.17. The van der Waals surface area contributed by atoms with Gasteiger partial charge < -0.3 is 10.1 Å². The summed E-state index contributed by atoms with van der Waals surface area (Å²) in [6, 6.07) is 6.47. The number of carbonyl (C=O) groups is 3. The molecule has 1 aliphatic carbocycles. The monoisotopic (exact) mass is 350 g/mol. The minimum atomic E-state index is -0.641. The summed E-state index contributed by atoms with van der Waals surface area (Å²) in [7, 11) is 0. The van der Waals surface area contributed by atoms with Crippen molar-refractivity contribution in [2.45, 2.75) is 43.0 Å². The molecule has 0 saturated heterocycles. The first-order valence-electron chi connectivity index (χ1n) is 8.00. The van der Waals surface area contributed by atoms with Crippen LogP contribution in [-0.2, 0) is 9.53 Å². The van der Waals surface area contributed by atoms with Gasteiger partial charge in [0.05, 0.1) is 5.56 Å². The van der Waals surface area contributed by atoms with Crippen molar-refractivity contribution >= 4 is 29.7 Å². The van der Waals surface area contributed by atoms with E-state index in [1.807, 2.05) is 6.26 Å². The zero-order chi connectivity index (χ0) is 17.4. The average molecular weight is 350 g/mol. The molecule has 0 atom stereocenters. The molecular formula is C17H22N2O4S. The van der Waals surface area contributed by atoms with Gasteiger partial charge in [-0.15, -0.1) is 11.8 Å². The van der Waals surface area contributed by atoms with Crippen molar-refractivity contribution in [2.24, 2.45) is 0 Å². The van der Waals surface area contributed by atoms with Crippen LogP contribution in [0.3, 0.4) is 0 Å². The summed E-state index contributed by atoms with van der Waals surface area (Å²) in [4.78, 5) is 36.3. The summed E-state index contributed by atoms with van der Waals surface area (Å²) in [5, 5.41) is 4.95. The quantitative estimate of drug-likeness (QED) is 0.630. The summed E-state index contributed by atoms with van der Waals surface area (Å²) in [6.45, 7) is -0.485. The molecule has 1 saturated carbocycles. The topological polar surface area (TPSA) is 84.5 Å². The highest BCUT2D eigenvalue weighted by Crippen LogP contribution is 2.17. The number of rotatable bonds is 5. The smallest absolute Gasteiger partial charge is 0.338 e. The third kappa shape index (κ3) is 5.88. The lowest BCUT2D eigenvalue weighted by molar-refractivity contribution is -0.123. The first kappa shape index (κ1) is 18.3. The third-order valence-electron chi connectivity index (χ3n) is 3.85. The number of hydrogen-bond acceptors (Lipinski definition) is 5. The summed E-state index contributed by atoms with van der Waals surface area (Å²) >= 11 is 1.57. The molecule has 130 valence electrons. The largest absolute Gasteiger partial charge is 0.452 e. The standard InChI is InChI=1S/C17H22N2O4S/c1-24-14-9-7-12(8-10-14)16(21)23-11-15(20)19-17(22)18-13-5-3-2-4-6-13/h7-10,13H,2-6,11H2,1H3,(H2,18,19,20,22). The van der Waals surface area contributed by atoms with Crippen LogP contribution < -0.4 is 10.6 Å². The van der Waals surface area contributed by atoms with Gasteiger partial charge >= 0.3 is 12.0 Å². The van der Waals surface area contributed by atoms with Crippen molar-refractivity contribution in [1.29, 1.82) is 0 Å². The number of ether oxygens (including phenoxy) is 1. The minimum Gasteiger partial charge on any atom is -0.452 e. The lowest BCUT2D eigenvalue weighted by Gasteiger charge is -2.22. The Kier molecular flexibility index (Phi) is 7.11. The summed E-state index contributed by atoms with van der Waals surface area (Å²) < 4.78 is 4.92. The van der Waals surface area contributed by atoms with Gasteiger partial charge in [0.25, 0.3) is 5.91 Å². The number of nitrogens with one attached hydrogen (secondary N) is 2. The Labute approximate surface area is 145 Å². The lowest BCUT2D eigenvalue weighted by atomic mass is 9.96. The van der Waals surface area contributed by atoms with Crippen molar-refractivity contribution in [2.75, 3.05) is 12.9 Å². The van der Waals surface area contributed by atoms with E-state index in [4.69, 9.17) is 4.74 Å². The molecular weight excluding hydrogens is 328 g/mol. The molecule has 1 aromatic rings. The molecule has 1 aliphatic rings. The van der Waals surface area contributed by atoms with Crippen LogP contribution in [0.5, 0.6) is 0 Å². The lowest BCUT2D eigenvalue weighted by Crippen LogP contribution is -2.46. The van der Waals surface area contributed by atoms with Crippen LogP contribution in [0.4, 0.5) is 4.79 Å². The number of amides is 3. The Hall–Kier alpha value is -2.02. The zero-order valence-corrected chi connectivity index (χ0v) is 14.5. The Balaban J connectivity index is 1.71. The molecule has 0 bridgehead atoms. The molecule has 2 N–H and O–H groups in total. The minimum absolute atomic E-state index is 0.115. The summed E-state index contributed by atoms with van der Waals surface area (Å²) in [6.07, 6.45) is 7.17. The van der Waals surface area contributed by atoms with E-state index in [-0.39, 0.29) is 6.04 Å². The number of urea groups is 1. The highest BCUT2D eigenvalue weighted by molar-refractivity contribution is 7.98. The second kappa shape index (κ2) is 9.32. The van der Waals surface area contributed by atoms with Gasteiger partial charge in [0, 0.05) is 10.9 Å². The summed E-state index contributed by atoms with van der Waals surface area (Å²) in [5.74, 6) is -1.23. The fraction of sp³-hybridized carbons (Fsp3) is 0.471. The number of imide groups is 1. The van der Waals surface area contributed by atoms with Crippen molar-refractivity contribution in [3.63, 3.8) is 0 Å². The van der Waals surface area contributed by atoms with E-state index in [2.05, 4.69) is 10.6 Å². The van der Waals surface area contributed by atoms with E-state index < -0.39 is 24.5 Å². The Morgan fingerprint density at radius 2 is 1.79 bits per heavy atom. The van der Waals surface area contributed by atoms with Crippen LogP contribution >= 0.6 is 11.8 Å². The summed E-state index contributed by atoms with van der Waals surface area (Å²) in [5.41, 5.74) is 0.368. The molecule has 0 unspecified atom stereocenters. The second-order valence-electron chi connectivity index (χ2n) is 5.66. The van der Waals surface area contributed by atoms with E-state index in [1.165, 1.54) is 6.42 Å². The van der Waals surface area contributed by atoms with Crippen LogP contribution in [0, 0.1) is 0 Å². The van der Waals surface area contributed by atoms with Crippen LogP contribution in [0.2, 0.25) is 0 Å². The van der Waals surface area contributed by atoms with Gasteiger partial charge in [-0.3, -0.25) is 10.1 Å². The molecule has 7 heteroatoms. The molecule has 0 aliphatic heterocycles. The molecule has 1 aromatic carbocycles. The van der Waals surface area contributed by atoms with E-state index in [0.29, 0.717) is 5.56 Å². The van der Waals surface area contributed by atoms with Gasteiger partial charge in [-0.05, 0) is 43.4 Å². The van der Waals surface area contributed by atoms with Gasteiger partial charge in [-0.1, -0.05) is 19.3 Å². The molecule has 3 amide bonds. The SMILES string of the molecule is CSc1ccc(C(=O)OCC(=O)NC(=O)NC2CCCCC2)cc1. The van der Waals surface area contributed by atoms with Gasteiger partial charge in [0.1, 0.15) is 0 Å². The van der Waals surface area contributed by atoms with Crippen molar-refractivity contribution in [3.05, 3.63) is 29.8 Å². The molecule has 2 rings (SSSR count). The number of hydrogen-bond donors (Lipinski definition) is 2.